The maximum Gasteiger partial charge on any atom is 0.269 e. The number of nitrogens with zero attached hydrogens (tertiary/aromatic N) is 2. The summed E-state index contributed by atoms with van der Waals surface area (Å²) >= 11 is 0. The molecule has 0 saturated carbocycles. The molecule has 0 saturated heterocycles. The number of hydrogen-bond acceptors (Lipinski definition) is 5. The summed E-state index contributed by atoms with van der Waals surface area (Å²) in [4.78, 5) is 18.4. The Bertz CT molecular complexity index is 968. The zero-order chi connectivity index (χ0) is 18.1. The highest BCUT2D eigenvalue weighted by Crippen LogP contribution is 2.33. The molecule has 1 atom stereocenters. The van der Waals surface area contributed by atoms with Gasteiger partial charge in [0.1, 0.15) is 18.2 Å². The van der Waals surface area contributed by atoms with Gasteiger partial charge < -0.3 is 15.2 Å². The Balaban J connectivity index is 1.54. The fourth-order valence-electron chi connectivity index (χ4n) is 3.08. The smallest absolute Gasteiger partial charge is 0.269 e. The van der Waals surface area contributed by atoms with Gasteiger partial charge in [-0.05, 0) is 30.5 Å². The SMILES string of the molecule is CC1Oc2ccc(N)nc2N(CCOc2cccc3ccccc23)C1=O. The summed E-state index contributed by atoms with van der Waals surface area (Å²) in [6.07, 6.45) is -0.564. The van der Waals surface area contributed by atoms with Crippen molar-refractivity contribution in [3.8, 4) is 11.5 Å². The maximum atomic E-state index is 12.5. The molecule has 1 amide bonds. The summed E-state index contributed by atoms with van der Waals surface area (Å²) in [5.74, 6) is 1.97. The molecule has 2 aromatic carbocycles. The molecule has 3 aromatic rings. The van der Waals surface area contributed by atoms with Crippen LogP contribution in [0, 0.1) is 0 Å². The average molecular weight is 349 g/mol. The molecule has 1 unspecified atom stereocenters. The molecule has 0 spiro atoms. The Morgan fingerprint density at radius 1 is 1.15 bits per heavy atom. The first-order valence-corrected chi connectivity index (χ1v) is 8.48. The molecule has 0 bridgehead atoms. The van der Waals surface area contributed by atoms with Gasteiger partial charge in [0.2, 0.25) is 0 Å². The van der Waals surface area contributed by atoms with Crippen molar-refractivity contribution in [2.24, 2.45) is 0 Å². The number of benzene rings is 2. The van der Waals surface area contributed by atoms with Crippen LogP contribution >= 0.6 is 0 Å². The molecule has 2 heterocycles. The van der Waals surface area contributed by atoms with E-state index in [0.29, 0.717) is 30.5 Å². The Kier molecular flexibility index (Phi) is 4.08. The number of aromatic nitrogens is 1. The molecular formula is C20H19N3O3. The Hall–Kier alpha value is -3.28. The first-order valence-electron chi connectivity index (χ1n) is 8.48. The van der Waals surface area contributed by atoms with Crippen molar-refractivity contribution in [2.45, 2.75) is 13.0 Å². The molecule has 4 rings (SSSR count). The molecule has 0 fully saturated rings. The van der Waals surface area contributed by atoms with Crippen molar-refractivity contribution in [1.29, 1.82) is 0 Å². The molecule has 6 heteroatoms. The van der Waals surface area contributed by atoms with Crippen LogP contribution in [-0.2, 0) is 4.79 Å². The minimum absolute atomic E-state index is 0.155. The number of hydrogen-bond donors (Lipinski definition) is 1. The second-order valence-corrected chi connectivity index (χ2v) is 6.13. The quantitative estimate of drug-likeness (QED) is 0.783. The van der Waals surface area contributed by atoms with Crippen LogP contribution < -0.4 is 20.1 Å². The van der Waals surface area contributed by atoms with Crippen molar-refractivity contribution in [2.75, 3.05) is 23.8 Å². The number of anilines is 2. The second kappa shape index (κ2) is 6.55. The number of carbonyl (C=O) groups is 1. The van der Waals surface area contributed by atoms with Crippen molar-refractivity contribution >= 4 is 28.3 Å². The number of ether oxygens (including phenoxy) is 2. The summed E-state index contributed by atoms with van der Waals surface area (Å²) in [6.45, 7) is 2.42. The van der Waals surface area contributed by atoms with Crippen molar-refractivity contribution in [3.05, 3.63) is 54.6 Å². The summed E-state index contributed by atoms with van der Waals surface area (Å²) in [6, 6.07) is 17.3. The van der Waals surface area contributed by atoms with Crippen molar-refractivity contribution in [1.82, 2.24) is 4.98 Å². The topological polar surface area (TPSA) is 77.7 Å². The van der Waals surface area contributed by atoms with E-state index < -0.39 is 6.10 Å². The second-order valence-electron chi connectivity index (χ2n) is 6.13. The number of fused-ring (bicyclic) bond motifs is 2. The largest absolute Gasteiger partial charge is 0.491 e. The van der Waals surface area contributed by atoms with Crippen LogP contribution in [0.4, 0.5) is 11.6 Å². The summed E-state index contributed by atoms with van der Waals surface area (Å²) < 4.78 is 11.6. The van der Waals surface area contributed by atoms with Crippen molar-refractivity contribution < 1.29 is 14.3 Å². The molecule has 6 nitrogen and oxygen atoms in total. The number of pyridine rings is 1. The van der Waals surface area contributed by atoms with E-state index >= 15 is 0 Å². The minimum atomic E-state index is -0.564. The molecule has 132 valence electrons. The Morgan fingerprint density at radius 2 is 1.96 bits per heavy atom. The third-order valence-electron chi connectivity index (χ3n) is 4.36. The van der Waals surface area contributed by atoms with E-state index in [1.165, 1.54) is 0 Å². The normalized spacial score (nSPS) is 16.3. The van der Waals surface area contributed by atoms with E-state index in [0.717, 1.165) is 16.5 Å². The van der Waals surface area contributed by atoms with Gasteiger partial charge in [0.15, 0.2) is 17.7 Å². The van der Waals surface area contributed by atoms with E-state index in [9.17, 15) is 4.79 Å². The molecular weight excluding hydrogens is 330 g/mol. The lowest BCUT2D eigenvalue weighted by Crippen LogP contribution is -2.46. The van der Waals surface area contributed by atoms with Gasteiger partial charge in [-0.1, -0.05) is 36.4 Å². The van der Waals surface area contributed by atoms with Gasteiger partial charge in [-0.2, -0.15) is 0 Å². The van der Waals surface area contributed by atoms with Crippen LogP contribution in [0.25, 0.3) is 10.8 Å². The van der Waals surface area contributed by atoms with Gasteiger partial charge in [-0.25, -0.2) is 4.98 Å². The predicted molar refractivity (Wildman–Crippen MR) is 101 cm³/mol. The van der Waals surface area contributed by atoms with Crippen LogP contribution in [0.5, 0.6) is 11.5 Å². The molecule has 1 aliphatic heterocycles. The third-order valence-corrected chi connectivity index (χ3v) is 4.36. The fourth-order valence-corrected chi connectivity index (χ4v) is 3.08. The van der Waals surface area contributed by atoms with Gasteiger partial charge in [0, 0.05) is 5.39 Å². The standard InChI is InChI=1S/C20H19N3O3/c1-13-20(24)23(19-17(26-13)9-10-18(21)22-19)11-12-25-16-8-4-6-14-5-2-3-7-15(14)16/h2-10,13H,11-12H2,1H3,(H2,21,22). The van der Waals surface area contributed by atoms with Gasteiger partial charge in [-0.3, -0.25) is 9.69 Å². The molecule has 0 aliphatic carbocycles. The molecule has 0 radical (unpaired) electrons. The van der Waals surface area contributed by atoms with Gasteiger partial charge >= 0.3 is 0 Å². The van der Waals surface area contributed by atoms with Crippen LogP contribution in [0.15, 0.2) is 54.6 Å². The average Bonchev–Trinajstić information content (AvgIpc) is 2.65. The van der Waals surface area contributed by atoms with Crippen LogP contribution in [0.1, 0.15) is 6.92 Å². The summed E-state index contributed by atoms with van der Waals surface area (Å²) in [7, 11) is 0. The maximum absolute atomic E-state index is 12.5. The zero-order valence-electron chi connectivity index (χ0n) is 14.4. The van der Waals surface area contributed by atoms with Crippen LogP contribution in [0.3, 0.4) is 0 Å². The molecule has 2 N–H and O–H groups in total. The van der Waals surface area contributed by atoms with E-state index in [2.05, 4.69) is 4.98 Å². The van der Waals surface area contributed by atoms with Gasteiger partial charge in [-0.15, -0.1) is 0 Å². The number of nitrogens with two attached hydrogens (primary N) is 1. The number of amides is 1. The highest BCUT2D eigenvalue weighted by atomic mass is 16.5. The first kappa shape index (κ1) is 16.2. The number of nitrogen functional groups attached to an aromatic ring is 1. The molecule has 1 aliphatic rings. The predicted octanol–water partition coefficient (Wildman–Crippen LogP) is 3.01. The molecule has 26 heavy (non-hydrogen) atoms. The summed E-state index contributed by atoms with van der Waals surface area (Å²) in [5.41, 5.74) is 5.77. The number of rotatable bonds is 4. The Labute approximate surface area is 151 Å². The third kappa shape index (κ3) is 2.90. The lowest BCUT2D eigenvalue weighted by atomic mass is 10.1. The first-order chi connectivity index (χ1) is 12.6. The van der Waals surface area contributed by atoms with E-state index in [1.54, 1.807) is 24.0 Å². The highest BCUT2D eigenvalue weighted by molar-refractivity contribution is 5.99. The fraction of sp³-hybridized carbons (Fsp3) is 0.200. The highest BCUT2D eigenvalue weighted by Gasteiger charge is 2.32. The van der Waals surface area contributed by atoms with E-state index in [1.807, 2.05) is 42.5 Å². The molecule has 1 aromatic heterocycles. The van der Waals surface area contributed by atoms with E-state index in [4.69, 9.17) is 15.2 Å². The summed E-state index contributed by atoms with van der Waals surface area (Å²) in [5, 5.41) is 2.15. The lowest BCUT2D eigenvalue weighted by Gasteiger charge is -2.31. The van der Waals surface area contributed by atoms with Crippen LogP contribution in [-0.4, -0.2) is 30.1 Å². The van der Waals surface area contributed by atoms with Crippen LogP contribution in [0.2, 0.25) is 0 Å². The number of carbonyl (C=O) groups excluding carboxylic acids is 1. The van der Waals surface area contributed by atoms with E-state index in [-0.39, 0.29) is 5.91 Å². The lowest BCUT2D eigenvalue weighted by molar-refractivity contribution is -0.125. The van der Waals surface area contributed by atoms with Gasteiger partial charge in [0.25, 0.3) is 5.91 Å². The zero-order valence-corrected chi connectivity index (χ0v) is 14.4. The monoisotopic (exact) mass is 349 g/mol. The van der Waals surface area contributed by atoms with Gasteiger partial charge in [0.05, 0.1) is 6.54 Å². The Morgan fingerprint density at radius 3 is 2.85 bits per heavy atom. The van der Waals surface area contributed by atoms with Crippen molar-refractivity contribution in [3.63, 3.8) is 0 Å². The minimum Gasteiger partial charge on any atom is -0.491 e.